The molecule has 3 amide bonds. The van der Waals surface area contributed by atoms with E-state index in [1.807, 2.05) is 67.6 Å². The van der Waals surface area contributed by atoms with E-state index in [1.54, 1.807) is 26.9 Å². The van der Waals surface area contributed by atoms with Crippen LogP contribution in [0.2, 0.25) is 0 Å². The Morgan fingerprint density at radius 1 is 0.955 bits per heavy atom. The summed E-state index contributed by atoms with van der Waals surface area (Å²) in [7, 11) is 0. The van der Waals surface area contributed by atoms with E-state index in [9.17, 15) is 19.5 Å². The summed E-state index contributed by atoms with van der Waals surface area (Å²) in [4.78, 5) is 48.8. The fourth-order valence-corrected chi connectivity index (χ4v) is 7.66. The molecule has 3 aliphatic heterocycles. The third-order valence-electron chi connectivity index (χ3n) is 9.61. The van der Waals surface area contributed by atoms with Gasteiger partial charge in [-0.15, -0.1) is 13.2 Å². The van der Waals surface area contributed by atoms with Crippen LogP contribution in [-0.4, -0.2) is 76.1 Å². The number of aliphatic hydroxyl groups is 1. The van der Waals surface area contributed by atoms with Crippen molar-refractivity contribution >= 4 is 23.4 Å². The number of ether oxygens (including phenoxy) is 1. The zero-order valence-electron chi connectivity index (χ0n) is 25.8. The van der Waals surface area contributed by atoms with Gasteiger partial charge in [0.15, 0.2) is 0 Å². The maximum absolute atomic E-state index is 14.7. The molecule has 2 aromatic rings. The molecule has 2 aromatic carbocycles. The van der Waals surface area contributed by atoms with Crippen LogP contribution in [0, 0.1) is 11.8 Å². The van der Waals surface area contributed by atoms with Crippen LogP contribution in [0.5, 0.6) is 0 Å². The lowest BCUT2D eigenvalue weighted by Crippen LogP contribution is -2.56. The molecule has 2 bridgehead atoms. The number of unbranched alkanes of at least 4 members (excludes halogenated alkanes) is 3. The van der Waals surface area contributed by atoms with E-state index in [4.69, 9.17) is 4.74 Å². The number of benzene rings is 2. The van der Waals surface area contributed by atoms with Crippen LogP contribution in [0.4, 0.5) is 5.69 Å². The zero-order chi connectivity index (χ0) is 31.3. The van der Waals surface area contributed by atoms with Crippen LogP contribution >= 0.6 is 0 Å². The molecular formula is C36H45N3O5. The summed E-state index contributed by atoms with van der Waals surface area (Å²) < 4.78 is 6.88. The van der Waals surface area contributed by atoms with Crippen LogP contribution in [0.15, 0.2) is 86.0 Å². The highest BCUT2D eigenvalue weighted by Gasteiger charge is 2.78. The van der Waals surface area contributed by atoms with E-state index in [1.165, 1.54) is 0 Å². The second kappa shape index (κ2) is 13.5. The zero-order valence-corrected chi connectivity index (χ0v) is 25.8. The summed E-state index contributed by atoms with van der Waals surface area (Å²) in [6.07, 6.45) is 7.57. The van der Waals surface area contributed by atoms with Gasteiger partial charge < -0.3 is 24.5 Å². The fourth-order valence-electron chi connectivity index (χ4n) is 7.66. The number of hydrogen-bond donors (Lipinski definition) is 1. The molecule has 0 aromatic heterocycles. The van der Waals surface area contributed by atoms with E-state index in [0.717, 1.165) is 24.1 Å². The predicted octanol–water partition coefficient (Wildman–Crippen LogP) is 4.74. The summed E-state index contributed by atoms with van der Waals surface area (Å²) in [5.74, 6) is -2.04. The summed E-state index contributed by atoms with van der Waals surface area (Å²) in [6, 6.07) is 18.4. The first-order valence-electron chi connectivity index (χ1n) is 15.8. The number of nitrogens with zero attached hydrogens (tertiary/aromatic N) is 3. The normalized spacial score (nSPS) is 26.8. The maximum Gasteiger partial charge on any atom is 0.248 e. The molecule has 8 nitrogen and oxygen atoms in total. The number of rotatable bonds is 15. The number of likely N-dealkylation sites (tertiary alicyclic amines) is 1. The lowest BCUT2D eigenvalue weighted by Gasteiger charge is -2.37. The molecule has 1 N–H and O–H groups in total. The van der Waals surface area contributed by atoms with Crippen molar-refractivity contribution in [2.45, 2.75) is 69.2 Å². The number of carbonyl (C=O) groups is 3. The van der Waals surface area contributed by atoms with E-state index in [2.05, 4.69) is 13.2 Å². The minimum absolute atomic E-state index is 0.129. The highest BCUT2D eigenvalue weighted by atomic mass is 16.5. The first-order chi connectivity index (χ1) is 21.3. The van der Waals surface area contributed by atoms with Crippen LogP contribution in [-0.2, 0) is 25.7 Å². The van der Waals surface area contributed by atoms with Gasteiger partial charge in [-0.05, 0) is 50.3 Å². The van der Waals surface area contributed by atoms with Crippen molar-refractivity contribution < 1.29 is 24.2 Å². The van der Waals surface area contributed by atoms with Gasteiger partial charge in [0, 0.05) is 38.5 Å². The molecule has 3 heterocycles. The molecule has 3 fully saturated rings. The van der Waals surface area contributed by atoms with Crippen molar-refractivity contribution in [2.75, 3.05) is 31.1 Å². The molecule has 5 rings (SSSR count). The minimum atomic E-state index is -1.10. The molecule has 5 atom stereocenters. The number of amides is 3. The molecule has 234 valence electrons. The van der Waals surface area contributed by atoms with Crippen molar-refractivity contribution in [3.8, 4) is 0 Å². The highest BCUT2D eigenvalue weighted by molar-refractivity contribution is 6.03. The Morgan fingerprint density at radius 3 is 2.27 bits per heavy atom. The second-order valence-electron chi connectivity index (χ2n) is 12.5. The Kier molecular flexibility index (Phi) is 9.71. The van der Waals surface area contributed by atoms with Gasteiger partial charge >= 0.3 is 0 Å². The topological polar surface area (TPSA) is 90.4 Å². The van der Waals surface area contributed by atoms with Gasteiger partial charge in [0.1, 0.15) is 11.6 Å². The fraction of sp³-hybridized carbons (Fsp3) is 0.472. The number of fused-ring (bicyclic) bond motifs is 1. The van der Waals surface area contributed by atoms with Crippen molar-refractivity contribution in [2.24, 2.45) is 11.8 Å². The number of para-hydroxylation sites is 1. The largest absolute Gasteiger partial charge is 0.396 e. The average molecular weight is 600 g/mol. The predicted molar refractivity (Wildman–Crippen MR) is 171 cm³/mol. The number of aliphatic hydroxyl groups excluding tert-OH is 1. The molecule has 2 unspecified atom stereocenters. The van der Waals surface area contributed by atoms with Gasteiger partial charge in [-0.1, -0.05) is 73.5 Å². The summed E-state index contributed by atoms with van der Waals surface area (Å²) in [5.41, 5.74) is -0.256. The van der Waals surface area contributed by atoms with Crippen LogP contribution in [0.3, 0.4) is 0 Å². The first kappa shape index (κ1) is 31.7. The Morgan fingerprint density at radius 2 is 1.61 bits per heavy atom. The van der Waals surface area contributed by atoms with Gasteiger partial charge in [0.2, 0.25) is 17.7 Å². The number of hydrogen-bond acceptors (Lipinski definition) is 5. The molecule has 44 heavy (non-hydrogen) atoms. The molecule has 0 saturated carbocycles. The lowest BCUT2D eigenvalue weighted by atomic mass is 9.66. The van der Waals surface area contributed by atoms with E-state index in [-0.39, 0.29) is 24.3 Å². The standard InChI is InChI=1S/C36H45N3O5/c1-4-22-37(26-27-16-10-8-11-17-27)34(43)31-36-21-20-35(3,44-36)29(30(36)33(42)39(31)24-14-6-7-15-25-40)32(41)38(23-5-2)28-18-12-9-13-19-28/h4-5,8-13,16-19,29-31,40H,1-2,6-7,14-15,20-26H2,3H3/t29-,30-,31?,35+,36?/m0/s1. The molecule has 3 saturated heterocycles. The van der Waals surface area contributed by atoms with E-state index < -0.39 is 29.1 Å². The Hall–Kier alpha value is -3.75. The summed E-state index contributed by atoms with van der Waals surface area (Å²) in [6.45, 7) is 11.2. The molecule has 0 radical (unpaired) electrons. The monoisotopic (exact) mass is 599 g/mol. The van der Waals surface area contributed by atoms with Crippen molar-refractivity contribution in [3.05, 3.63) is 91.5 Å². The third-order valence-corrected chi connectivity index (χ3v) is 9.61. The van der Waals surface area contributed by atoms with Crippen molar-refractivity contribution in [1.29, 1.82) is 0 Å². The quantitative estimate of drug-likeness (QED) is 0.236. The first-order valence-corrected chi connectivity index (χ1v) is 15.8. The van der Waals surface area contributed by atoms with Crippen molar-refractivity contribution in [3.63, 3.8) is 0 Å². The smallest absolute Gasteiger partial charge is 0.248 e. The molecular weight excluding hydrogens is 554 g/mol. The van der Waals surface area contributed by atoms with Crippen molar-refractivity contribution in [1.82, 2.24) is 9.80 Å². The van der Waals surface area contributed by atoms with E-state index in [0.29, 0.717) is 51.9 Å². The summed E-state index contributed by atoms with van der Waals surface area (Å²) in [5, 5.41) is 9.24. The molecule has 8 heteroatoms. The minimum Gasteiger partial charge on any atom is -0.396 e. The third kappa shape index (κ3) is 5.73. The molecule has 1 spiro atoms. The SMILES string of the molecule is C=CCN(Cc1ccccc1)C(=O)C1N(CCCCCCO)C(=O)[C@@H]2[C@@H](C(=O)N(CC=C)c3ccccc3)[C@@]3(C)CCC12O3. The van der Waals surface area contributed by atoms with Gasteiger partial charge in [-0.3, -0.25) is 14.4 Å². The molecule has 0 aliphatic carbocycles. The van der Waals surface area contributed by atoms with Gasteiger partial charge in [0.05, 0.1) is 17.4 Å². The van der Waals surface area contributed by atoms with Gasteiger partial charge in [0.25, 0.3) is 0 Å². The Labute approximate surface area is 261 Å². The van der Waals surface area contributed by atoms with Gasteiger partial charge in [-0.2, -0.15) is 0 Å². The molecule has 3 aliphatic rings. The van der Waals surface area contributed by atoms with E-state index >= 15 is 0 Å². The van der Waals surface area contributed by atoms with Crippen LogP contribution < -0.4 is 4.90 Å². The van der Waals surface area contributed by atoms with Gasteiger partial charge in [-0.25, -0.2) is 0 Å². The average Bonchev–Trinajstić information content (AvgIpc) is 3.60. The summed E-state index contributed by atoms with van der Waals surface area (Å²) >= 11 is 0. The highest BCUT2D eigenvalue weighted by Crippen LogP contribution is 2.63. The van der Waals surface area contributed by atoms with Crippen LogP contribution in [0.1, 0.15) is 51.0 Å². The second-order valence-corrected chi connectivity index (χ2v) is 12.5. The lowest BCUT2D eigenvalue weighted by molar-refractivity contribution is -0.151. The Balaban J connectivity index is 1.52. The maximum atomic E-state index is 14.7. The number of carbonyl (C=O) groups excluding carboxylic acids is 3. The van der Waals surface area contributed by atoms with Crippen LogP contribution in [0.25, 0.3) is 0 Å². The Bertz CT molecular complexity index is 1350. The number of anilines is 1.